The fraction of sp³-hybridized carbons (Fsp3) is 0.417. The number of aromatic nitrogens is 7. The van der Waals surface area contributed by atoms with Gasteiger partial charge < -0.3 is 10.8 Å². The Morgan fingerprint density at radius 3 is 2.62 bits per heavy atom. The molecule has 3 aromatic rings. The van der Waals surface area contributed by atoms with E-state index in [1.54, 1.807) is 23.9 Å². The van der Waals surface area contributed by atoms with Crippen LogP contribution in [0, 0.1) is 0 Å². The minimum Gasteiger partial charge on any atom is -0.393 e. The number of anilines is 1. The van der Waals surface area contributed by atoms with E-state index < -0.39 is 6.10 Å². The zero-order valence-corrected chi connectivity index (χ0v) is 11.8. The summed E-state index contributed by atoms with van der Waals surface area (Å²) in [6.45, 7) is 1.73. The SMILES string of the molecule is C[C@@H](O)CCc1nc(N)c2nc(-n3nccn3)n(C)c2n1. The zero-order chi connectivity index (χ0) is 15.0. The van der Waals surface area contributed by atoms with Gasteiger partial charge in [0.15, 0.2) is 17.0 Å². The molecule has 3 rings (SSSR count). The molecule has 0 aliphatic heterocycles. The molecule has 0 saturated heterocycles. The van der Waals surface area contributed by atoms with Crippen molar-refractivity contribution < 1.29 is 5.11 Å². The third-order valence-electron chi connectivity index (χ3n) is 3.15. The number of nitrogen functional groups attached to an aromatic ring is 1. The second-order valence-electron chi connectivity index (χ2n) is 4.87. The highest BCUT2D eigenvalue weighted by Crippen LogP contribution is 2.20. The van der Waals surface area contributed by atoms with Crippen LogP contribution in [0.5, 0.6) is 0 Å². The summed E-state index contributed by atoms with van der Waals surface area (Å²) in [6, 6.07) is 0. The van der Waals surface area contributed by atoms with Gasteiger partial charge in [-0.25, -0.2) is 15.0 Å². The van der Waals surface area contributed by atoms with Gasteiger partial charge in [0.05, 0.1) is 18.5 Å². The van der Waals surface area contributed by atoms with Gasteiger partial charge in [0.1, 0.15) is 5.82 Å². The molecule has 1 atom stereocenters. The summed E-state index contributed by atoms with van der Waals surface area (Å²) in [4.78, 5) is 14.5. The summed E-state index contributed by atoms with van der Waals surface area (Å²) in [7, 11) is 1.82. The zero-order valence-electron chi connectivity index (χ0n) is 11.8. The number of aliphatic hydroxyl groups is 1. The van der Waals surface area contributed by atoms with Gasteiger partial charge in [-0.3, -0.25) is 4.57 Å². The molecule has 0 aliphatic rings. The number of hydrogen-bond donors (Lipinski definition) is 2. The van der Waals surface area contributed by atoms with E-state index in [-0.39, 0.29) is 0 Å². The maximum absolute atomic E-state index is 9.36. The highest BCUT2D eigenvalue weighted by atomic mass is 16.3. The lowest BCUT2D eigenvalue weighted by atomic mass is 10.2. The van der Waals surface area contributed by atoms with Crippen LogP contribution in [-0.4, -0.2) is 45.7 Å². The lowest BCUT2D eigenvalue weighted by molar-refractivity contribution is 0.184. The first-order valence-electron chi connectivity index (χ1n) is 6.60. The monoisotopic (exact) mass is 288 g/mol. The molecular weight excluding hydrogens is 272 g/mol. The van der Waals surface area contributed by atoms with E-state index in [2.05, 4.69) is 25.1 Å². The van der Waals surface area contributed by atoms with Crippen LogP contribution in [0.15, 0.2) is 12.4 Å². The number of hydrogen-bond acceptors (Lipinski definition) is 7. The van der Waals surface area contributed by atoms with Crippen LogP contribution in [0.4, 0.5) is 5.82 Å². The molecule has 3 N–H and O–H groups in total. The molecule has 0 aliphatic carbocycles. The van der Waals surface area contributed by atoms with Gasteiger partial charge in [-0.1, -0.05) is 0 Å². The smallest absolute Gasteiger partial charge is 0.251 e. The van der Waals surface area contributed by atoms with E-state index in [9.17, 15) is 5.11 Å². The first-order chi connectivity index (χ1) is 10.1. The molecular formula is C12H16N8O. The van der Waals surface area contributed by atoms with E-state index in [0.717, 1.165) is 0 Å². The summed E-state index contributed by atoms with van der Waals surface area (Å²) in [5, 5.41) is 17.5. The largest absolute Gasteiger partial charge is 0.393 e. The molecule has 0 spiro atoms. The second-order valence-corrected chi connectivity index (χ2v) is 4.87. The van der Waals surface area contributed by atoms with Gasteiger partial charge in [-0.05, 0) is 13.3 Å². The van der Waals surface area contributed by atoms with Crippen molar-refractivity contribution in [3.63, 3.8) is 0 Å². The molecule has 21 heavy (non-hydrogen) atoms. The van der Waals surface area contributed by atoms with Gasteiger partial charge in [-0.2, -0.15) is 10.2 Å². The summed E-state index contributed by atoms with van der Waals surface area (Å²) in [6.07, 6.45) is 3.88. The van der Waals surface area contributed by atoms with Crippen LogP contribution < -0.4 is 5.73 Å². The molecule has 0 bridgehead atoms. The lowest BCUT2D eigenvalue weighted by Crippen LogP contribution is -2.08. The Morgan fingerprint density at radius 2 is 1.95 bits per heavy atom. The van der Waals surface area contributed by atoms with Gasteiger partial charge in [0.2, 0.25) is 0 Å². The number of aliphatic hydroxyl groups excluding tert-OH is 1. The summed E-state index contributed by atoms with van der Waals surface area (Å²) in [5.74, 6) is 1.42. The number of nitrogens with two attached hydrogens (primary N) is 1. The van der Waals surface area contributed by atoms with Crippen LogP contribution in [0.2, 0.25) is 0 Å². The van der Waals surface area contributed by atoms with Crippen molar-refractivity contribution in [3.8, 4) is 5.95 Å². The Kier molecular flexibility index (Phi) is 3.26. The molecule has 3 aromatic heterocycles. The lowest BCUT2D eigenvalue weighted by Gasteiger charge is -2.05. The molecule has 3 heterocycles. The third kappa shape index (κ3) is 2.42. The molecule has 9 heteroatoms. The average molecular weight is 288 g/mol. The minimum absolute atomic E-state index is 0.314. The van der Waals surface area contributed by atoms with Crippen molar-refractivity contribution in [1.82, 2.24) is 34.5 Å². The first kappa shape index (κ1) is 13.4. The highest BCUT2D eigenvalue weighted by molar-refractivity contribution is 5.83. The molecule has 0 amide bonds. The van der Waals surface area contributed by atoms with Crippen LogP contribution in [0.3, 0.4) is 0 Å². The number of aryl methyl sites for hydroxylation is 2. The first-order valence-corrected chi connectivity index (χ1v) is 6.60. The van der Waals surface area contributed by atoms with Gasteiger partial charge in [-0.15, -0.1) is 4.80 Å². The van der Waals surface area contributed by atoms with E-state index in [1.165, 1.54) is 4.80 Å². The van der Waals surface area contributed by atoms with Crippen molar-refractivity contribution >= 4 is 17.0 Å². The molecule has 0 unspecified atom stereocenters. The minimum atomic E-state index is -0.402. The van der Waals surface area contributed by atoms with E-state index in [1.807, 2.05) is 7.05 Å². The standard InChI is InChI=1S/C12H16N8O/c1-7(21)3-4-8-16-10(13)9-11(17-8)19(2)12(18-9)20-14-5-6-15-20/h5-7,21H,3-4H2,1-2H3,(H2,13,16,17)/t7-/m1/s1. The molecule has 0 aromatic carbocycles. The van der Waals surface area contributed by atoms with Crippen molar-refractivity contribution in [1.29, 1.82) is 0 Å². The molecule has 0 radical (unpaired) electrons. The summed E-state index contributed by atoms with van der Waals surface area (Å²) in [5.41, 5.74) is 7.10. The maximum atomic E-state index is 9.36. The van der Waals surface area contributed by atoms with Crippen molar-refractivity contribution in [3.05, 3.63) is 18.2 Å². The van der Waals surface area contributed by atoms with E-state index >= 15 is 0 Å². The predicted molar refractivity (Wildman–Crippen MR) is 75.6 cm³/mol. The van der Waals surface area contributed by atoms with Gasteiger partial charge in [0, 0.05) is 13.5 Å². The van der Waals surface area contributed by atoms with E-state index in [0.29, 0.717) is 41.6 Å². The average Bonchev–Trinajstić information content (AvgIpc) is 3.05. The Morgan fingerprint density at radius 1 is 1.24 bits per heavy atom. The molecule has 9 nitrogen and oxygen atoms in total. The summed E-state index contributed by atoms with van der Waals surface area (Å²) < 4.78 is 1.76. The molecule has 0 fully saturated rings. The van der Waals surface area contributed by atoms with Crippen LogP contribution in [-0.2, 0) is 13.5 Å². The Labute approximate surface area is 120 Å². The number of rotatable bonds is 4. The fourth-order valence-electron chi connectivity index (χ4n) is 2.07. The highest BCUT2D eigenvalue weighted by Gasteiger charge is 2.16. The predicted octanol–water partition coefficient (Wildman–Crippen LogP) is -0.160. The maximum Gasteiger partial charge on any atom is 0.251 e. The van der Waals surface area contributed by atoms with Gasteiger partial charge >= 0.3 is 0 Å². The fourth-order valence-corrected chi connectivity index (χ4v) is 2.07. The summed E-state index contributed by atoms with van der Waals surface area (Å²) >= 11 is 0. The Bertz CT molecular complexity index is 761. The van der Waals surface area contributed by atoms with Crippen LogP contribution in [0.25, 0.3) is 17.1 Å². The van der Waals surface area contributed by atoms with Gasteiger partial charge in [0.25, 0.3) is 5.95 Å². The third-order valence-corrected chi connectivity index (χ3v) is 3.15. The normalized spacial score (nSPS) is 12.9. The van der Waals surface area contributed by atoms with Crippen molar-refractivity contribution in [2.24, 2.45) is 7.05 Å². The molecule has 110 valence electrons. The van der Waals surface area contributed by atoms with Crippen LogP contribution >= 0.6 is 0 Å². The van der Waals surface area contributed by atoms with Crippen molar-refractivity contribution in [2.75, 3.05) is 5.73 Å². The Balaban J connectivity index is 2.08. The molecule has 0 saturated carbocycles. The van der Waals surface area contributed by atoms with Crippen molar-refractivity contribution in [2.45, 2.75) is 25.9 Å². The number of fused-ring (bicyclic) bond motifs is 1. The number of imidazole rings is 1. The Hall–Kier alpha value is -2.55. The quantitative estimate of drug-likeness (QED) is 0.684. The second kappa shape index (κ2) is 5.09. The van der Waals surface area contributed by atoms with E-state index in [4.69, 9.17) is 5.73 Å². The van der Waals surface area contributed by atoms with Crippen LogP contribution in [0.1, 0.15) is 19.2 Å². The topological polar surface area (TPSA) is 121 Å². The number of nitrogens with zero attached hydrogens (tertiary/aromatic N) is 7.